The smallest absolute Gasteiger partial charge is 0.0791 e. The van der Waals surface area contributed by atoms with Gasteiger partial charge in [0.05, 0.1) is 11.7 Å². The zero-order chi connectivity index (χ0) is 11.9. The van der Waals surface area contributed by atoms with E-state index in [1.165, 1.54) is 0 Å². The van der Waals surface area contributed by atoms with Gasteiger partial charge in [0.2, 0.25) is 0 Å². The molecule has 15 heavy (non-hydrogen) atoms. The predicted octanol–water partition coefficient (Wildman–Crippen LogP) is 0.0496. The summed E-state index contributed by atoms with van der Waals surface area (Å²) in [6.45, 7) is 5.57. The summed E-state index contributed by atoms with van der Waals surface area (Å²) in [5, 5.41) is 22.5. The van der Waals surface area contributed by atoms with Crippen molar-refractivity contribution in [3.63, 3.8) is 0 Å². The zero-order valence-electron chi connectivity index (χ0n) is 10.5. The van der Waals surface area contributed by atoms with Crippen molar-refractivity contribution in [3.8, 4) is 0 Å². The van der Waals surface area contributed by atoms with Gasteiger partial charge in [-0.05, 0) is 27.4 Å². The molecule has 92 valence electrons. The minimum Gasteiger partial charge on any atom is -0.390 e. The van der Waals surface area contributed by atoms with Gasteiger partial charge < -0.3 is 20.4 Å². The van der Waals surface area contributed by atoms with E-state index < -0.39 is 5.60 Å². The van der Waals surface area contributed by atoms with Crippen molar-refractivity contribution in [2.75, 3.05) is 33.7 Å². The van der Waals surface area contributed by atoms with Crippen LogP contribution in [0.25, 0.3) is 0 Å². The van der Waals surface area contributed by atoms with Gasteiger partial charge in [-0.25, -0.2) is 0 Å². The minimum absolute atomic E-state index is 0.377. The average molecular weight is 218 g/mol. The van der Waals surface area contributed by atoms with Crippen LogP contribution >= 0.6 is 0 Å². The Labute approximate surface area is 93.3 Å². The van der Waals surface area contributed by atoms with E-state index in [1.54, 1.807) is 0 Å². The van der Waals surface area contributed by atoms with Crippen molar-refractivity contribution in [2.24, 2.45) is 0 Å². The van der Waals surface area contributed by atoms with Gasteiger partial charge in [0, 0.05) is 19.6 Å². The third-order valence-electron chi connectivity index (χ3n) is 2.25. The first-order chi connectivity index (χ1) is 6.87. The summed E-state index contributed by atoms with van der Waals surface area (Å²) in [6, 6.07) is 0. The lowest BCUT2D eigenvalue weighted by molar-refractivity contribution is 0.0448. The summed E-state index contributed by atoms with van der Waals surface area (Å²) >= 11 is 0. The molecule has 0 aromatic carbocycles. The number of aliphatic hydroxyl groups is 2. The number of hydrogen-bond acceptors (Lipinski definition) is 4. The van der Waals surface area contributed by atoms with Gasteiger partial charge in [-0.2, -0.15) is 0 Å². The third kappa shape index (κ3) is 8.81. The summed E-state index contributed by atoms with van der Waals surface area (Å²) in [5.41, 5.74) is -0.660. The molecule has 0 radical (unpaired) electrons. The first-order valence-electron chi connectivity index (χ1n) is 5.63. The van der Waals surface area contributed by atoms with Crippen LogP contribution in [0.4, 0.5) is 0 Å². The van der Waals surface area contributed by atoms with E-state index in [4.69, 9.17) is 0 Å². The molecule has 2 unspecified atom stereocenters. The highest BCUT2D eigenvalue weighted by Gasteiger charge is 2.18. The lowest BCUT2D eigenvalue weighted by Gasteiger charge is -2.24. The van der Waals surface area contributed by atoms with Gasteiger partial charge in [-0.15, -0.1) is 0 Å². The van der Waals surface area contributed by atoms with Crippen LogP contribution in [-0.2, 0) is 0 Å². The third-order valence-corrected chi connectivity index (χ3v) is 2.25. The lowest BCUT2D eigenvalue weighted by Crippen LogP contribution is -2.42. The van der Waals surface area contributed by atoms with Gasteiger partial charge in [-0.3, -0.25) is 0 Å². The largest absolute Gasteiger partial charge is 0.390 e. The van der Waals surface area contributed by atoms with Gasteiger partial charge in [0.25, 0.3) is 0 Å². The molecule has 0 aliphatic rings. The van der Waals surface area contributed by atoms with Gasteiger partial charge >= 0.3 is 0 Å². The molecular formula is C11H26N2O2. The number of likely N-dealkylation sites (N-methyl/N-ethyl adjacent to an activating group) is 1. The summed E-state index contributed by atoms with van der Waals surface area (Å²) in [5.74, 6) is 0. The van der Waals surface area contributed by atoms with E-state index in [2.05, 4.69) is 12.2 Å². The highest BCUT2D eigenvalue weighted by atomic mass is 16.3. The Bertz CT molecular complexity index is 161. The number of rotatable bonds is 8. The SMILES string of the molecule is CCCC(C)(O)CNCC(O)CN(C)C. The second-order valence-corrected chi connectivity index (χ2v) is 4.79. The molecule has 0 saturated heterocycles. The highest BCUT2D eigenvalue weighted by molar-refractivity contribution is 4.75. The molecule has 0 aliphatic heterocycles. The molecule has 0 saturated carbocycles. The molecule has 0 aliphatic carbocycles. The van der Waals surface area contributed by atoms with Crippen LogP contribution in [0.1, 0.15) is 26.7 Å². The molecule has 0 rings (SSSR count). The van der Waals surface area contributed by atoms with E-state index in [0.29, 0.717) is 19.6 Å². The Hall–Kier alpha value is -0.160. The summed E-state index contributed by atoms with van der Waals surface area (Å²) in [7, 11) is 3.85. The van der Waals surface area contributed by atoms with Crippen LogP contribution in [-0.4, -0.2) is 60.5 Å². The maximum atomic E-state index is 9.85. The molecule has 2 atom stereocenters. The van der Waals surface area contributed by atoms with Crippen LogP contribution in [0.15, 0.2) is 0 Å². The minimum atomic E-state index is -0.660. The summed E-state index contributed by atoms with van der Waals surface area (Å²) in [6.07, 6.45) is 1.37. The monoisotopic (exact) mass is 218 g/mol. The molecule has 0 amide bonds. The van der Waals surface area contributed by atoms with Crippen molar-refractivity contribution in [3.05, 3.63) is 0 Å². The first-order valence-corrected chi connectivity index (χ1v) is 5.63. The van der Waals surface area contributed by atoms with E-state index in [1.807, 2.05) is 25.9 Å². The Kier molecular flexibility index (Phi) is 7.09. The van der Waals surface area contributed by atoms with Crippen LogP contribution in [0.5, 0.6) is 0 Å². The van der Waals surface area contributed by atoms with Crippen LogP contribution in [0.2, 0.25) is 0 Å². The molecule has 0 heterocycles. The maximum Gasteiger partial charge on any atom is 0.0791 e. The number of hydrogen-bond donors (Lipinski definition) is 3. The molecule has 0 fully saturated rings. The Balaban J connectivity index is 3.60. The maximum absolute atomic E-state index is 9.85. The van der Waals surface area contributed by atoms with Crippen LogP contribution in [0, 0.1) is 0 Å². The first kappa shape index (κ1) is 14.8. The normalized spacial score (nSPS) is 17.8. The van der Waals surface area contributed by atoms with Crippen molar-refractivity contribution in [2.45, 2.75) is 38.4 Å². The van der Waals surface area contributed by atoms with E-state index in [9.17, 15) is 10.2 Å². The van der Waals surface area contributed by atoms with Crippen molar-refractivity contribution < 1.29 is 10.2 Å². The van der Waals surface area contributed by atoms with E-state index in [-0.39, 0.29) is 6.10 Å². The zero-order valence-corrected chi connectivity index (χ0v) is 10.5. The fourth-order valence-corrected chi connectivity index (χ4v) is 1.62. The second-order valence-electron chi connectivity index (χ2n) is 4.79. The highest BCUT2D eigenvalue weighted by Crippen LogP contribution is 2.09. The van der Waals surface area contributed by atoms with Crippen molar-refractivity contribution in [1.82, 2.24) is 10.2 Å². The molecule has 4 nitrogen and oxygen atoms in total. The molecule has 0 spiro atoms. The fourth-order valence-electron chi connectivity index (χ4n) is 1.62. The quantitative estimate of drug-likeness (QED) is 0.539. The number of aliphatic hydroxyl groups excluding tert-OH is 1. The molecule has 0 aromatic rings. The van der Waals surface area contributed by atoms with E-state index in [0.717, 1.165) is 12.8 Å². The van der Waals surface area contributed by atoms with Gasteiger partial charge in [-0.1, -0.05) is 13.3 Å². The molecule has 3 N–H and O–H groups in total. The lowest BCUT2D eigenvalue weighted by atomic mass is 10.0. The second kappa shape index (κ2) is 7.17. The topological polar surface area (TPSA) is 55.7 Å². The molecule has 4 heteroatoms. The van der Waals surface area contributed by atoms with Crippen molar-refractivity contribution >= 4 is 0 Å². The fraction of sp³-hybridized carbons (Fsp3) is 1.00. The van der Waals surface area contributed by atoms with Crippen LogP contribution in [0.3, 0.4) is 0 Å². The number of nitrogens with one attached hydrogen (secondary N) is 1. The molecular weight excluding hydrogens is 192 g/mol. The van der Waals surface area contributed by atoms with Crippen LogP contribution < -0.4 is 5.32 Å². The summed E-state index contributed by atoms with van der Waals surface area (Å²) in [4.78, 5) is 1.94. The van der Waals surface area contributed by atoms with Crippen molar-refractivity contribution in [1.29, 1.82) is 0 Å². The van der Waals surface area contributed by atoms with Gasteiger partial charge in [0.15, 0.2) is 0 Å². The molecule has 0 bridgehead atoms. The molecule has 0 aromatic heterocycles. The van der Waals surface area contributed by atoms with Gasteiger partial charge in [0.1, 0.15) is 0 Å². The standard InChI is InChI=1S/C11H26N2O2/c1-5-6-11(2,15)9-12-7-10(14)8-13(3)4/h10,12,14-15H,5-9H2,1-4H3. The van der Waals surface area contributed by atoms with E-state index >= 15 is 0 Å². The Morgan fingerprint density at radius 1 is 1.40 bits per heavy atom. The number of nitrogens with zero attached hydrogens (tertiary/aromatic N) is 1. The Morgan fingerprint density at radius 2 is 2.00 bits per heavy atom. The predicted molar refractivity (Wildman–Crippen MR) is 63.0 cm³/mol. The summed E-state index contributed by atoms with van der Waals surface area (Å²) < 4.78 is 0. The Morgan fingerprint density at radius 3 is 2.47 bits per heavy atom. The average Bonchev–Trinajstić information content (AvgIpc) is 2.01.